The van der Waals surface area contributed by atoms with Gasteiger partial charge in [-0.1, -0.05) is 12.1 Å². The van der Waals surface area contributed by atoms with Gasteiger partial charge >= 0.3 is 12.0 Å². The van der Waals surface area contributed by atoms with Gasteiger partial charge in [-0.2, -0.15) is 0 Å². The maximum atomic E-state index is 12.0. The maximum Gasteiger partial charge on any atom is 0.341 e. The molecule has 0 aliphatic carbocycles. The first-order valence-electron chi connectivity index (χ1n) is 6.51. The Balaban J connectivity index is 2.68. The monoisotopic (exact) mass is 293 g/mol. The van der Waals surface area contributed by atoms with Crippen molar-refractivity contribution in [3.63, 3.8) is 0 Å². The second kappa shape index (κ2) is 7.28. The third-order valence-corrected chi connectivity index (χ3v) is 2.77. The molecule has 0 saturated heterocycles. The van der Waals surface area contributed by atoms with Gasteiger partial charge in [-0.3, -0.25) is 10.1 Å². The maximum absolute atomic E-state index is 12.0. The average molecular weight is 293 g/mol. The Kier molecular flexibility index (Phi) is 5.71. The first-order chi connectivity index (χ1) is 9.86. The Hall–Kier alpha value is -2.57. The number of imide groups is 1. The molecule has 3 amide bonds. The second-order valence-corrected chi connectivity index (χ2v) is 4.43. The summed E-state index contributed by atoms with van der Waals surface area (Å²) in [6.07, 6.45) is -1.11. The first-order valence-corrected chi connectivity index (χ1v) is 6.51. The second-order valence-electron chi connectivity index (χ2n) is 4.43. The molecule has 1 aromatic rings. The molecule has 7 nitrogen and oxygen atoms in total. The Morgan fingerprint density at radius 2 is 2.00 bits per heavy atom. The smallest absolute Gasteiger partial charge is 0.341 e. The average Bonchev–Trinajstić information content (AvgIpc) is 2.41. The van der Waals surface area contributed by atoms with Crippen LogP contribution in [0, 0.1) is 6.92 Å². The van der Waals surface area contributed by atoms with Gasteiger partial charge in [0, 0.05) is 12.2 Å². The van der Waals surface area contributed by atoms with E-state index in [1.165, 1.54) is 13.0 Å². The van der Waals surface area contributed by atoms with E-state index in [4.69, 9.17) is 10.5 Å². The van der Waals surface area contributed by atoms with Gasteiger partial charge in [0.05, 0.1) is 5.56 Å². The van der Waals surface area contributed by atoms with Crippen LogP contribution in [-0.2, 0) is 9.53 Å². The van der Waals surface area contributed by atoms with Crippen LogP contribution in [0.15, 0.2) is 18.2 Å². The molecule has 0 spiro atoms. The molecule has 0 fully saturated rings. The summed E-state index contributed by atoms with van der Waals surface area (Å²) in [4.78, 5) is 34.8. The number of hydrogen-bond acceptors (Lipinski definition) is 5. The Bertz CT molecular complexity index is 557. The fourth-order valence-corrected chi connectivity index (χ4v) is 1.55. The van der Waals surface area contributed by atoms with Crippen LogP contribution in [0.1, 0.15) is 29.8 Å². The number of carbonyl (C=O) groups is 3. The molecule has 7 heteroatoms. The number of esters is 1. The number of anilines is 1. The number of carbonyl (C=O) groups excluding carboxylic acids is 3. The molecule has 1 aromatic carbocycles. The zero-order valence-corrected chi connectivity index (χ0v) is 12.2. The molecule has 0 aliphatic heterocycles. The van der Waals surface area contributed by atoms with E-state index < -0.39 is 24.0 Å². The lowest BCUT2D eigenvalue weighted by atomic mass is 10.1. The highest BCUT2D eigenvalue weighted by Gasteiger charge is 2.22. The summed E-state index contributed by atoms with van der Waals surface area (Å²) < 4.78 is 5.00. The fraction of sp³-hybridized carbons (Fsp3) is 0.357. The minimum absolute atomic E-state index is 0.188. The number of urea groups is 1. The summed E-state index contributed by atoms with van der Waals surface area (Å²) in [5, 5.41) is 4.47. The van der Waals surface area contributed by atoms with Crippen LogP contribution < -0.4 is 16.4 Å². The normalized spacial score (nSPS) is 11.4. The van der Waals surface area contributed by atoms with Gasteiger partial charge in [0.1, 0.15) is 0 Å². The van der Waals surface area contributed by atoms with Gasteiger partial charge in [-0.15, -0.1) is 0 Å². The number of aryl methyl sites for hydroxylation is 1. The molecular weight excluding hydrogens is 274 g/mol. The minimum Gasteiger partial charge on any atom is -0.449 e. The van der Waals surface area contributed by atoms with Crippen molar-refractivity contribution >= 4 is 23.6 Å². The Labute approximate surface area is 122 Å². The SMILES string of the molecule is CCNC(=O)NC(=O)C(C)OC(=O)c1cccc(C)c1N. The fourth-order valence-electron chi connectivity index (χ4n) is 1.55. The van der Waals surface area contributed by atoms with Gasteiger partial charge in [0.2, 0.25) is 0 Å². The van der Waals surface area contributed by atoms with E-state index >= 15 is 0 Å². The molecule has 0 heterocycles. The molecule has 1 unspecified atom stereocenters. The third-order valence-electron chi connectivity index (χ3n) is 2.77. The molecule has 21 heavy (non-hydrogen) atoms. The molecule has 0 saturated carbocycles. The molecule has 0 aliphatic rings. The number of nitrogen functional groups attached to an aromatic ring is 1. The van der Waals surface area contributed by atoms with Crippen LogP contribution in [0.4, 0.5) is 10.5 Å². The van der Waals surface area contributed by atoms with E-state index in [0.717, 1.165) is 5.56 Å². The predicted molar refractivity (Wildman–Crippen MR) is 77.7 cm³/mol. The highest BCUT2D eigenvalue weighted by atomic mass is 16.5. The van der Waals surface area contributed by atoms with E-state index in [0.29, 0.717) is 12.2 Å². The number of rotatable bonds is 4. The number of benzene rings is 1. The van der Waals surface area contributed by atoms with Crippen molar-refractivity contribution in [2.24, 2.45) is 0 Å². The van der Waals surface area contributed by atoms with Crippen molar-refractivity contribution in [2.45, 2.75) is 26.9 Å². The largest absolute Gasteiger partial charge is 0.449 e. The molecule has 0 radical (unpaired) electrons. The van der Waals surface area contributed by atoms with Gasteiger partial charge in [-0.25, -0.2) is 9.59 Å². The van der Waals surface area contributed by atoms with E-state index in [9.17, 15) is 14.4 Å². The summed E-state index contributed by atoms with van der Waals surface area (Å²) in [7, 11) is 0. The standard InChI is InChI=1S/C14H19N3O4/c1-4-16-14(20)17-12(18)9(3)21-13(19)10-7-5-6-8(2)11(10)15/h5-7,9H,4,15H2,1-3H3,(H2,16,17,18,20). The van der Waals surface area contributed by atoms with Crippen LogP contribution in [0.25, 0.3) is 0 Å². The zero-order chi connectivity index (χ0) is 16.0. The lowest BCUT2D eigenvalue weighted by Crippen LogP contribution is -2.44. The van der Waals surface area contributed by atoms with Crippen LogP contribution in [0.3, 0.4) is 0 Å². The molecule has 114 valence electrons. The number of ether oxygens (including phenoxy) is 1. The van der Waals surface area contributed by atoms with Crippen molar-refractivity contribution in [3.05, 3.63) is 29.3 Å². The van der Waals surface area contributed by atoms with Gasteiger partial charge in [-0.05, 0) is 32.4 Å². The van der Waals surface area contributed by atoms with E-state index in [1.54, 1.807) is 26.0 Å². The zero-order valence-electron chi connectivity index (χ0n) is 12.2. The molecule has 1 atom stereocenters. The van der Waals surface area contributed by atoms with Crippen molar-refractivity contribution < 1.29 is 19.1 Å². The lowest BCUT2D eigenvalue weighted by Gasteiger charge is -2.14. The van der Waals surface area contributed by atoms with Crippen LogP contribution in [-0.4, -0.2) is 30.6 Å². The topological polar surface area (TPSA) is 111 Å². The summed E-state index contributed by atoms with van der Waals surface area (Å²) in [5.74, 6) is -1.42. The van der Waals surface area contributed by atoms with E-state index in [1.807, 2.05) is 0 Å². The van der Waals surface area contributed by atoms with E-state index in [2.05, 4.69) is 10.6 Å². The van der Waals surface area contributed by atoms with Crippen LogP contribution in [0.5, 0.6) is 0 Å². The van der Waals surface area contributed by atoms with Gasteiger partial charge < -0.3 is 15.8 Å². The minimum atomic E-state index is -1.11. The summed E-state index contributed by atoms with van der Waals surface area (Å²) in [6, 6.07) is 4.30. The Morgan fingerprint density at radius 1 is 1.33 bits per heavy atom. The van der Waals surface area contributed by atoms with Crippen molar-refractivity contribution in [1.29, 1.82) is 0 Å². The summed E-state index contributed by atoms with van der Waals surface area (Å²) >= 11 is 0. The Morgan fingerprint density at radius 3 is 2.62 bits per heavy atom. The highest BCUT2D eigenvalue weighted by Crippen LogP contribution is 2.17. The lowest BCUT2D eigenvalue weighted by molar-refractivity contribution is -0.127. The first kappa shape index (κ1) is 16.5. The summed E-state index contributed by atoms with van der Waals surface area (Å²) in [6.45, 7) is 5.23. The van der Waals surface area contributed by atoms with Crippen LogP contribution in [0.2, 0.25) is 0 Å². The number of para-hydroxylation sites is 1. The van der Waals surface area contributed by atoms with Crippen molar-refractivity contribution in [2.75, 3.05) is 12.3 Å². The molecule has 0 aromatic heterocycles. The molecule has 0 bridgehead atoms. The van der Waals surface area contributed by atoms with E-state index in [-0.39, 0.29) is 5.56 Å². The molecule has 4 N–H and O–H groups in total. The quantitative estimate of drug-likeness (QED) is 0.566. The predicted octanol–water partition coefficient (Wildman–Crippen LogP) is 0.968. The van der Waals surface area contributed by atoms with Crippen molar-refractivity contribution in [1.82, 2.24) is 10.6 Å². The van der Waals surface area contributed by atoms with Crippen LogP contribution >= 0.6 is 0 Å². The van der Waals surface area contributed by atoms with Crippen molar-refractivity contribution in [3.8, 4) is 0 Å². The van der Waals surface area contributed by atoms with Gasteiger partial charge in [0.15, 0.2) is 6.10 Å². The molecular formula is C14H19N3O4. The number of nitrogens with one attached hydrogen (secondary N) is 2. The highest BCUT2D eigenvalue weighted by molar-refractivity contribution is 6.00. The summed E-state index contributed by atoms with van der Waals surface area (Å²) in [5.41, 5.74) is 7.02. The third kappa shape index (κ3) is 4.48. The number of nitrogens with two attached hydrogens (primary N) is 1. The number of amides is 3. The number of hydrogen-bond donors (Lipinski definition) is 3. The van der Waals surface area contributed by atoms with Gasteiger partial charge in [0.25, 0.3) is 5.91 Å². The molecule has 1 rings (SSSR count).